The van der Waals surface area contributed by atoms with Crippen molar-refractivity contribution in [2.24, 2.45) is 0 Å². The summed E-state index contributed by atoms with van der Waals surface area (Å²) in [6.07, 6.45) is 0. The normalized spacial score (nSPS) is 10.9. The highest BCUT2D eigenvalue weighted by atomic mass is 32.2. The Bertz CT molecular complexity index is 1130. The van der Waals surface area contributed by atoms with E-state index in [1.165, 1.54) is 37.3 Å². The molecule has 0 aliphatic heterocycles. The number of methoxy groups -OCH3 is 1. The molecule has 0 saturated heterocycles. The molecule has 0 aliphatic rings. The molecule has 0 aliphatic carbocycles. The van der Waals surface area contributed by atoms with Gasteiger partial charge >= 0.3 is 5.97 Å². The molecule has 168 valence electrons. The van der Waals surface area contributed by atoms with Crippen LogP contribution in [0.1, 0.15) is 5.56 Å². The van der Waals surface area contributed by atoms with Crippen molar-refractivity contribution in [3.8, 4) is 22.6 Å². The predicted molar refractivity (Wildman–Crippen MR) is 115 cm³/mol. The summed E-state index contributed by atoms with van der Waals surface area (Å²) in [5.74, 6) is -2.91. The zero-order valence-corrected chi connectivity index (χ0v) is 18.1. The fourth-order valence-corrected chi connectivity index (χ4v) is 3.86. The van der Waals surface area contributed by atoms with Crippen molar-refractivity contribution < 1.29 is 32.5 Å². The highest BCUT2D eigenvalue weighted by Gasteiger charge is 2.14. The van der Waals surface area contributed by atoms with Gasteiger partial charge in [-0.25, -0.2) is 22.3 Å². The Morgan fingerprint density at radius 3 is 2.50 bits per heavy atom. The molecule has 5 nitrogen and oxygen atoms in total. The third-order valence-electron chi connectivity index (χ3n) is 4.37. The van der Waals surface area contributed by atoms with Crippen LogP contribution in [0.2, 0.25) is 0 Å². The lowest BCUT2D eigenvalue weighted by atomic mass is 10.0. The van der Waals surface area contributed by atoms with Crippen molar-refractivity contribution in [2.75, 3.05) is 20.8 Å². The molecule has 0 aromatic heterocycles. The van der Waals surface area contributed by atoms with Gasteiger partial charge < -0.3 is 14.6 Å². The molecule has 0 atom stereocenters. The van der Waals surface area contributed by atoms with Crippen LogP contribution in [0, 0.1) is 17.5 Å². The Morgan fingerprint density at radius 1 is 1.03 bits per heavy atom. The van der Waals surface area contributed by atoms with Crippen molar-refractivity contribution in [3.05, 3.63) is 77.6 Å². The molecular formula is C23H20F3NO4S. The largest absolute Gasteiger partial charge is 0.497 e. The molecule has 0 saturated carbocycles. The van der Waals surface area contributed by atoms with E-state index in [9.17, 15) is 18.0 Å². The van der Waals surface area contributed by atoms with Gasteiger partial charge in [-0.3, -0.25) is 0 Å². The van der Waals surface area contributed by atoms with E-state index in [4.69, 9.17) is 14.6 Å². The zero-order chi connectivity index (χ0) is 23.3. The van der Waals surface area contributed by atoms with E-state index in [0.29, 0.717) is 28.3 Å². The van der Waals surface area contributed by atoms with Crippen molar-refractivity contribution in [2.45, 2.75) is 11.4 Å². The highest BCUT2D eigenvalue weighted by molar-refractivity contribution is 7.97. The monoisotopic (exact) mass is 463 g/mol. The standard InChI is InChI=1S/C23H20F3NO4S/c1-27(32-18-4-5-20(25)21(26)11-18)12-14-3-6-22(31-13-23(28)29)19(7-14)15-8-16(24)10-17(9-15)30-2/h3-11H,12-13H2,1-2H3,(H,28,29). The van der Waals surface area contributed by atoms with Gasteiger partial charge in [0, 0.05) is 23.1 Å². The number of carboxylic acids is 1. The molecule has 0 fully saturated rings. The fourth-order valence-electron chi connectivity index (χ4n) is 3.01. The van der Waals surface area contributed by atoms with Crippen LogP contribution in [0.3, 0.4) is 0 Å². The molecular weight excluding hydrogens is 443 g/mol. The van der Waals surface area contributed by atoms with Gasteiger partial charge in [0.2, 0.25) is 0 Å². The lowest BCUT2D eigenvalue weighted by molar-refractivity contribution is -0.139. The quantitative estimate of drug-likeness (QED) is 0.430. The maximum Gasteiger partial charge on any atom is 0.341 e. The van der Waals surface area contributed by atoms with Crippen molar-refractivity contribution in [1.82, 2.24) is 4.31 Å². The van der Waals surface area contributed by atoms with E-state index in [-0.39, 0.29) is 5.75 Å². The first-order valence-electron chi connectivity index (χ1n) is 9.42. The first-order valence-corrected chi connectivity index (χ1v) is 10.2. The summed E-state index contributed by atoms with van der Waals surface area (Å²) < 4.78 is 53.0. The lowest BCUT2D eigenvalue weighted by Gasteiger charge is -2.18. The summed E-state index contributed by atoms with van der Waals surface area (Å²) >= 11 is 1.23. The molecule has 1 N–H and O–H groups in total. The van der Waals surface area contributed by atoms with Crippen molar-refractivity contribution in [3.63, 3.8) is 0 Å². The van der Waals surface area contributed by atoms with E-state index in [1.54, 1.807) is 31.3 Å². The summed E-state index contributed by atoms with van der Waals surface area (Å²) in [6, 6.07) is 12.9. The number of aliphatic carboxylic acids is 1. The van der Waals surface area contributed by atoms with Gasteiger partial charge in [0.05, 0.1) is 7.11 Å². The number of hydrogen-bond donors (Lipinski definition) is 1. The summed E-state index contributed by atoms with van der Waals surface area (Å²) in [5, 5.41) is 8.95. The Morgan fingerprint density at radius 2 is 1.81 bits per heavy atom. The average molecular weight is 463 g/mol. The number of carboxylic acid groups (broad SMARTS) is 1. The van der Waals surface area contributed by atoms with E-state index in [1.807, 2.05) is 4.31 Å². The number of ether oxygens (including phenoxy) is 2. The minimum absolute atomic E-state index is 0.278. The Kier molecular flexibility index (Phi) is 7.66. The molecule has 0 heterocycles. The highest BCUT2D eigenvalue weighted by Crippen LogP contribution is 2.35. The second kappa shape index (κ2) is 10.4. The average Bonchev–Trinajstić information content (AvgIpc) is 2.74. The molecule has 3 aromatic rings. The number of halogens is 3. The van der Waals surface area contributed by atoms with Crippen LogP contribution in [0.25, 0.3) is 11.1 Å². The summed E-state index contributed by atoms with van der Waals surface area (Å²) in [4.78, 5) is 11.5. The SMILES string of the molecule is COc1cc(F)cc(-c2cc(CN(C)Sc3ccc(F)c(F)c3)ccc2OCC(=O)O)c1. The van der Waals surface area contributed by atoms with E-state index < -0.39 is 30.0 Å². The van der Waals surface area contributed by atoms with Gasteiger partial charge in [0.25, 0.3) is 0 Å². The Balaban J connectivity index is 1.88. The van der Waals surface area contributed by atoms with Crippen LogP contribution in [0.4, 0.5) is 13.2 Å². The van der Waals surface area contributed by atoms with Crippen LogP contribution in [-0.4, -0.2) is 36.1 Å². The Hall–Kier alpha value is -3.17. The maximum atomic E-state index is 14.1. The summed E-state index contributed by atoms with van der Waals surface area (Å²) in [5.41, 5.74) is 1.76. The van der Waals surface area contributed by atoms with E-state index >= 15 is 0 Å². The smallest absolute Gasteiger partial charge is 0.341 e. The van der Waals surface area contributed by atoms with Crippen LogP contribution >= 0.6 is 11.9 Å². The molecule has 32 heavy (non-hydrogen) atoms. The second-order valence-corrected chi connectivity index (χ2v) is 8.12. The van der Waals surface area contributed by atoms with Gasteiger partial charge in [-0.2, -0.15) is 0 Å². The second-order valence-electron chi connectivity index (χ2n) is 6.85. The third kappa shape index (κ3) is 6.18. The molecule has 0 unspecified atom stereocenters. The van der Waals surface area contributed by atoms with Crippen molar-refractivity contribution in [1.29, 1.82) is 0 Å². The summed E-state index contributed by atoms with van der Waals surface area (Å²) in [6.45, 7) is -0.146. The van der Waals surface area contributed by atoms with Gasteiger partial charge in [0.1, 0.15) is 17.3 Å². The number of benzene rings is 3. The van der Waals surface area contributed by atoms with Crippen LogP contribution in [0.15, 0.2) is 59.5 Å². The van der Waals surface area contributed by atoms with E-state index in [0.717, 1.165) is 17.7 Å². The molecule has 0 radical (unpaired) electrons. The molecule has 0 amide bonds. The first kappa shape index (κ1) is 23.5. The van der Waals surface area contributed by atoms with E-state index in [2.05, 4.69) is 0 Å². The number of rotatable bonds is 9. The van der Waals surface area contributed by atoms with Gasteiger partial charge in [-0.15, -0.1) is 0 Å². The first-order chi connectivity index (χ1) is 15.2. The number of hydrogen-bond acceptors (Lipinski definition) is 5. The predicted octanol–water partition coefficient (Wildman–Crippen LogP) is 5.38. The minimum atomic E-state index is -1.14. The molecule has 9 heteroatoms. The van der Waals surface area contributed by atoms with Crippen LogP contribution in [0.5, 0.6) is 11.5 Å². The minimum Gasteiger partial charge on any atom is -0.497 e. The van der Waals surface area contributed by atoms with Gasteiger partial charge in [-0.05, 0) is 72.6 Å². The maximum absolute atomic E-state index is 14.1. The molecule has 0 bridgehead atoms. The summed E-state index contributed by atoms with van der Waals surface area (Å²) in [7, 11) is 3.20. The Labute approximate surface area is 187 Å². The molecule has 3 aromatic carbocycles. The number of carbonyl (C=O) groups is 1. The fraction of sp³-hybridized carbons (Fsp3) is 0.174. The van der Waals surface area contributed by atoms with Crippen molar-refractivity contribution >= 4 is 17.9 Å². The lowest BCUT2D eigenvalue weighted by Crippen LogP contribution is -2.11. The topological polar surface area (TPSA) is 59.0 Å². The zero-order valence-electron chi connectivity index (χ0n) is 17.3. The molecule has 3 rings (SSSR count). The molecule has 0 spiro atoms. The van der Waals surface area contributed by atoms with Crippen LogP contribution in [-0.2, 0) is 11.3 Å². The van der Waals surface area contributed by atoms with Gasteiger partial charge in [-0.1, -0.05) is 6.07 Å². The number of nitrogens with zero attached hydrogens (tertiary/aromatic N) is 1. The van der Waals surface area contributed by atoms with Crippen LogP contribution < -0.4 is 9.47 Å². The van der Waals surface area contributed by atoms with Gasteiger partial charge in [0.15, 0.2) is 18.2 Å². The third-order valence-corrected chi connectivity index (χ3v) is 5.28.